The molecule has 29 heavy (non-hydrogen) atoms. The van der Waals surface area contributed by atoms with Crippen LogP contribution in [0.1, 0.15) is 120 Å². The monoisotopic (exact) mass is 390 g/mol. The van der Waals surface area contributed by atoms with Crippen LogP contribution in [-0.2, 0) is 11.8 Å². The first-order valence-corrected chi connectivity index (χ1v) is 12.2. The Hall–Kier alpha value is -1.80. The van der Waals surface area contributed by atoms with Crippen molar-refractivity contribution in [2.75, 3.05) is 0 Å². The van der Waals surface area contributed by atoms with Gasteiger partial charge in [0.1, 0.15) is 12.1 Å². The van der Waals surface area contributed by atoms with Gasteiger partial charge in [-0.2, -0.15) is 10.5 Å². The number of unbranched alkanes of at least 4 members (excludes halogenated alkanes) is 2. The highest BCUT2D eigenvalue weighted by Crippen LogP contribution is 2.52. The molecule has 2 saturated carbocycles. The minimum Gasteiger partial charge on any atom is -0.192 e. The lowest BCUT2D eigenvalue weighted by atomic mass is 9.56. The Morgan fingerprint density at radius 1 is 0.897 bits per heavy atom. The van der Waals surface area contributed by atoms with E-state index >= 15 is 0 Å². The second-order valence-electron chi connectivity index (χ2n) is 9.53. The summed E-state index contributed by atoms with van der Waals surface area (Å²) >= 11 is 0. The summed E-state index contributed by atoms with van der Waals surface area (Å²) in [6, 6.07) is 9.22. The molecule has 0 amide bonds. The van der Waals surface area contributed by atoms with E-state index in [2.05, 4.69) is 38.1 Å². The van der Waals surface area contributed by atoms with E-state index in [9.17, 15) is 10.5 Å². The summed E-state index contributed by atoms with van der Waals surface area (Å²) in [5.74, 6) is 1.59. The fourth-order valence-corrected chi connectivity index (χ4v) is 6.37. The number of rotatable bonds is 7. The van der Waals surface area contributed by atoms with Gasteiger partial charge in [-0.25, -0.2) is 0 Å². The molecule has 0 aliphatic heterocycles. The third kappa shape index (κ3) is 4.53. The predicted octanol–water partition coefficient (Wildman–Crippen LogP) is 7.58. The Bertz CT molecular complexity index is 750. The highest BCUT2D eigenvalue weighted by atomic mass is 14.5. The van der Waals surface area contributed by atoms with Crippen LogP contribution in [0.3, 0.4) is 0 Å². The third-order valence-corrected chi connectivity index (χ3v) is 8.02. The molecule has 0 N–H and O–H groups in total. The van der Waals surface area contributed by atoms with Crippen molar-refractivity contribution in [3.05, 3.63) is 34.4 Å². The molecule has 1 aromatic carbocycles. The molecule has 2 aliphatic rings. The largest absolute Gasteiger partial charge is 0.192 e. The fourth-order valence-electron chi connectivity index (χ4n) is 6.37. The molecule has 156 valence electrons. The van der Waals surface area contributed by atoms with Gasteiger partial charge in [-0.1, -0.05) is 83.8 Å². The molecule has 2 heteroatoms. The van der Waals surface area contributed by atoms with Crippen molar-refractivity contribution in [3.8, 4) is 12.1 Å². The van der Waals surface area contributed by atoms with E-state index in [4.69, 9.17) is 0 Å². The lowest BCUT2D eigenvalue weighted by molar-refractivity contribution is 0.124. The molecule has 0 aromatic heterocycles. The molecule has 3 rings (SSSR count). The van der Waals surface area contributed by atoms with Gasteiger partial charge in [-0.05, 0) is 60.5 Å². The van der Waals surface area contributed by atoms with Gasteiger partial charge in [0.05, 0.1) is 11.1 Å². The van der Waals surface area contributed by atoms with Crippen LogP contribution in [0.4, 0.5) is 0 Å². The van der Waals surface area contributed by atoms with Crippen LogP contribution in [0.2, 0.25) is 0 Å². The van der Waals surface area contributed by atoms with Crippen molar-refractivity contribution < 1.29 is 0 Å². The van der Waals surface area contributed by atoms with E-state index < -0.39 is 0 Å². The number of hydrogen-bond donors (Lipinski definition) is 0. The molecule has 0 radical (unpaired) electrons. The van der Waals surface area contributed by atoms with Crippen LogP contribution in [-0.4, -0.2) is 0 Å². The summed E-state index contributed by atoms with van der Waals surface area (Å²) in [6.07, 6.45) is 17.8. The van der Waals surface area contributed by atoms with Crippen molar-refractivity contribution in [2.24, 2.45) is 11.8 Å². The van der Waals surface area contributed by atoms with Crippen molar-refractivity contribution >= 4 is 0 Å². The van der Waals surface area contributed by atoms with Crippen molar-refractivity contribution in [1.82, 2.24) is 0 Å². The highest BCUT2D eigenvalue weighted by molar-refractivity contribution is 5.57. The third-order valence-electron chi connectivity index (χ3n) is 8.02. The molecule has 0 spiro atoms. The SMILES string of the molecule is CCCCCC1CCC(C2(c3ccc(CC)c(C#N)c3C#N)CCCCC2)CC1. The molecule has 2 aliphatic carbocycles. The molecule has 2 nitrogen and oxygen atoms in total. The highest BCUT2D eigenvalue weighted by Gasteiger charge is 2.44. The van der Waals surface area contributed by atoms with E-state index in [1.54, 1.807) is 0 Å². The molecule has 0 unspecified atom stereocenters. The lowest BCUT2D eigenvalue weighted by Crippen LogP contribution is -2.40. The van der Waals surface area contributed by atoms with E-state index in [1.165, 1.54) is 89.0 Å². The molecule has 0 saturated heterocycles. The zero-order valence-electron chi connectivity index (χ0n) is 18.6. The fraction of sp³-hybridized carbons (Fsp3) is 0.704. The molecular formula is C27H38N2. The van der Waals surface area contributed by atoms with Crippen molar-refractivity contribution in [2.45, 2.75) is 109 Å². The molecule has 0 bridgehead atoms. The Balaban J connectivity index is 1.90. The minimum absolute atomic E-state index is 0.121. The predicted molar refractivity (Wildman–Crippen MR) is 120 cm³/mol. The van der Waals surface area contributed by atoms with E-state index in [-0.39, 0.29) is 5.41 Å². The van der Waals surface area contributed by atoms with Gasteiger partial charge in [0.25, 0.3) is 0 Å². The smallest absolute Gasteiger partial charge is 0.101 e. The first kappa shape index (κ1) is 21.9. The first-order valence-electron chi connectivity index (χ1n) is 12.2. The van der Waals surface area contributed by atoms with Crippen molar-refractivity contribution in [1.29, 1.82) is 10.5 Å². The van der Waals surface area contributed by atoms with E-state index in [1.807, 2.05) is 0 Å². The molecule has 2 fully saturated rings. The van der Waals surface area contributed by atoms with Gasteiger partial charge in [-0.3, -0.25) is 0 Å². The lowest BCUT2D eigenvalue weighted by Gasteiger charge is -2.47. The topological polar surface area (TPSA) is 47.6 Å². The van der Waals surface area contributed by atoms with Crippen LogP contribution in [0, 0.1) is 34.5 Å². The number of nitrogens with zero attached hydrogens (tertiary/aromatic N) is 2. The number of hydrogen-bond acceptors (Lipinski definition) is 2. The summed E-state index contributed by atoms with van der Waals surface area (Å²) in [7, 11) is 0. The Kier molecular flexibility index (Phi) is 7.77. The van der Waals surface area contributed by atoms with Gasteiger partial charge in [-0.15, -0.1) is 0 Å². The van der Waals surface area contributed by atoms with Gasteiger partial charge >= 0.3 is 0 Å². The average molecular weight is 391 g/mol. The zero-order valence-corrected chi connectivity index (χ0v) is 18.6. The van der Waals surface area contributed by atoms with Crippen LogP contribution < -0.4 is 0 Å². The maximum atomic E-state index is 10.1. The number of benzene rings is 1. The second-order valence-corrected chi connectivity index (χ2v) is 9.53. The quantitative estimate of drug-likeness (QED) is 0.450. The van der Waals surface area contributed by atoms with E-state index in [0.29, 0.717) is 17.0 Å². The zero-order chi connectivity index (χ0) is 20.7. The van der Waals surface area contributed by atoms with Gasteiger partial charge < -0.3 is 0 Å². The van der Waals surface area contributed by atoms with Gasteiger partial charge in [0.2, 0.25) is 0 Å². The number of nitriles is 2. The van der Waals surface area contributed by atoms with Crippen molar-refractivity contribution in [3.63, 3.8) is 0 Å². The standard InChI is InChI=1S/C27H38N2/c1-3-5-7-10-21-11-14-23(15-12-21)27(17-8-6-9-18-27)26-16-13-22(4-2)24(19-28)25(26)20-29/h13,16,21,23H,3-12,14-15,17-18H2,1-2H3. The Morgan fingerprint density at radius 2 is 1.59 bits per heavy atom. The van der Waals surface area contributed by atoms with Crippen LogP contribution in [0.25, 0.3) is 0 Å². The Morgan fingerprint density at radius 3 is 2.17 bits per heavy atom. The summed E-state index contributed by atoms with van der Waals surface area (Å²) in [6.45, 7) is 4.36. The summed E-state index contributed by atoms with van der Waals surface area (Å²) in [5, 5.41) is 19.9. The molecule has 0 heterocycles. The molecular weight excluding hydrogens is 352 g/mol. The minimum atomic E-state index is 0.121. The Labute approximate surface area is 178 Å². The molecule has 0 atom stereocenters. The molecule has 1 aromatic rings. The summed E-state index contributed by atoms with van der Waals surface area (Å²) in [5.41, 5.74) is 3.70. The number of aryl methyl sites for hydroxylation is 1. The maximum absolute atomic E-state index is 10.1. The normalized spacial score (nSPS) is 23.9. The summed E-state index contributed by atoms with van der Waals surface area (Å²) in [4.78, 5) is 0. The van der Waals surface area contributed by atoms with Crippen LogP contribution in [0.15, 0.2) is 12.1 Å². The van der Waals surface area contributed by atoms with Crippen LogP contribution in [0.5, 0.6) is 0 Å². The second kappa shape index (κ2) is 10.3. The average Bonchev–Trinajstić information content (AvgIpc) is 2.79. The van der Waals surface area contributed by atoms with Gasteiger partial charge in [0.15, 0.2) is 0 Å². The van der Waals surface area contributed by atoms with Gasteiger partial charge in [0, 0.05) is 0 Å². The van der Waals surface area contributed by atoms with E-state index in [0.717, 1.165) is 17.9 Å². The van der Waals surface area contributed by atoms with Crippen LogP contribution >= 0.6 is 0 Å². The first-order chi connectivity index (χ1) is 14.2. The summed E-state index contributed by atoms with van der Waals surface area (Å²) < 4.78 is 0. The maximum Gasteiger partial charge on any atom is 0.101 e.